The van der Waals surface area contributed by atoms with E-state index in [1.54, 1.807) is 18.4 Å². The predicted octanol–water partition coefficient (Wildman–Crippen LogP) is 2.80. The van der Waals surface area contributed by atoms with Gasteiger partial charge in [0.1, 0.15) is 5.75 Å². The Balaban J connectivity index is 2.83. The normalized spacial score (nSPS) is 10.6. The molecule has 0 aliphatic carbocycles. The minimum absolute atomic E-state index is 0.836. The number of nitrogen functional groups attached to an aromatic ring is 1. The maximum absolute atomic E-state index is 5.75. The number of benzene rings is 1. The van der Waals surface area contributed by atoms with E-state index < -0.39 is 0 Å². The van der Waals surface area contributed by atoms with Crippen molar-refractivity contribution in [2.45, 2.75) is 6.92 Å². The zero-order valence-corrected chi connectivity index (χ0v) is 8.44. The van der Waals surface area contributed by atoms with Gasteiger partial charge in [0.25, 0.3) is 0 Å². The van der Waals surface area contributed by atoms with Crippen LogP contribution in [0.2, 0.25) is 0 Å². The fourth-order valence-corrected chi connectivity index (χ4v) is 2.34. The van der Waals surface area contributed by atoms with Crippen LogP contribution in [0.3, 0.4) is 0 Å². The third kappa shape index (κ3) is 1.25. The van der Waals surface area contributed by atoms with E-state index in [4.69, 9.17) is 10.5 Å². The molecule has 13 heavy (non-hydrogen) atoms. The molecule has 1 aromatic carbocycles. The first-order chi connectivity index (χ1) is 6.22. The lowest BCUT2D eigenvalue weighted by molar-refractivity contribution is 0.420. The van der Waals surface area contributed by atoms with Crippen molar-refractivity contribution in [3.05, 3.63) is 23.8 Å². The number of methoxy groups -OCH3 is 1. The first-order valence-electron chi connectivity index (χ1n) is 4.05. The van der Waals surface area contributed by atoms with E-state index in [9.17, 15) is 0 Å². The van der Waals surface area contributed by atoms with E-state index in [1.807, 2.05) is 12.1 Å². The summed E-state index contributed by atoms with van der Waals surface area (Å²) in [4.78, 5) is 0. The number of rotatable bonds is 1. The van der Waals surface area contributed by atoms with Gasteiger partial charge in [0, 0.05) is 10.1 Å². The number of ether oxygens (including phenoxy) is 1. The lowest BCUT2D eigenvalue weighted by Gasteiger charge is -2.02. The highest BCUT2D eigenvalue weighted by atomic mass is 32.1. The molecule has 1 heterocycles. The molecule has 2 N–H and O–H groups in total. The van der Waals surface area contributed by atoms with Crippen LogP contribution in [0.1, 0.15) is 5.56 Å². The molecule has 3 heteroatoms. The van der Waals surface area contributed by atoms with Gasteiger partial charge >= 0.3 is 0 Å². The summed E-state index contributed by atoms with van der Waals surface area (Å²) in [6, 6.07) is 5.99. The Labute approximate surface area is 80.9 Å². The largest absolute Gasteiger partial charge is 0.496 e. The summed E-state index contributed by atoms with van der Waals surface area (Å²) in [7, 11) is 1.68. The zero-order chi connectivity index (χ0) is 9.42. The summed E-state index contributed by atoms with van der Waals surface area (Å²) < 4.78 is 6.47. The van der Waals surface area contributed by atoms with Crippen LogP contribution < -0.4 is 10.5 Å². The van der Waals surface area contributed by atoms with Crippen molar-refractivity contribution < 1.29 is 4.74 Å². The number of nitrogens with two attached hydrogens (primary N) is 1. The highest BCUT2D eigenvalue weighted by Crippen LogP contribution is 2.36. The smallest absolute Gasteiger partial charge is 0.127 e. The number of hydrogen-bond acceptors (Lipinski definition) is 3. The van der Waals surface area contributed by atoms with Crippen LogP contribution in [0.15, 0.2) is 18.2 Å². The standard InChI is InChI=1S/C10H11NOS/c1-6-3-4-8(12-2)7-5-9(11)13-10(6)7/h3-5H,11H2,1-2H3. The van der Waals surface area contributed by atoms with Gasteiger partial charge in [-0.15, -0.1) is 11.3 Å². The Morgan fingerprint density at radius 3 is 2.85 bits per heavy atom. The molecule has 0 bridgehead atoms. The van der Waals surface area contributed by atoms with Crippen LogP contribution in [-0.2, 0) is 0 Å². The molecule has 0 fully saturated rings. The lowest BCUT2D eigenvalue weighted by atomic mass is 10.2. The summed E-state index contributed by atoms with van der Waals surface area (Å²) in [5, 5.41) is 1.95. The quantitative estimate of drug-likeness (QED) is 0.755. The molecule has 0 radical (unpaired) electrons. The van der Waals surface area contributed by atoms with Gasteiger partial charge < -0.3 is 10.5 Å². The Kier molecular flexibility index (Phi) is 1.88. The van der Waals surface area contributed by atoms with Gasteiger partial charge in [-0.25, -0.2) is 0 Å². The monoisotopic (exact) mass is 193 g/mol. The second kappa shape index (κ2) is 2.92. The molecule has 1 aromatic heterocycles. The van der Waals surface area contributed by atoms with E-state index in [0.717, 1.165) is 16.1 Å². The van der Waals surface area contributed by atoms with Gasteiger partial charge in [0.05, 0.1) is 12.1 Å². The van der Waals surface area contributed by atoms with Crippen LogP contribution in [0.5, 0.6) is 5.75 Å². The Morgan fingerprint density at radius 1 is 1.38 bits per heavy atom. The molecule has 0 aliphatic heterocycles. The van der Waals surface area contributed by atoms with Crippen molar-refractivity contribution in [3.63, 3.8) is 0 Å². The molecule has 0 spiro atoms. The number of anilines is 1. The average molecular weight is 193 g/mol. The zero-order valence-electron chi connectivity index (χ0n) is 7.63. The molecule has 0 atom stereocenters. The molecule has 0 saturated carbocycles. The number of thiophene rings is 1. The Morgan fingerprint density at radius 2 is 2.15 bits per heavy atom. The van der Waals surface area contributed by atoms with E-state index in [1.165, 1.54) is 10.3 Å². The van der Waals surface area contributed by atoms with Gasteiger partial charge in [-0.05, 0) is 24.6 Å². The summed E-state index contributed by atoms with van der Waals surface area (Å²) in [6.45, 7) is 2.08. The average Bonchev–Trinajstić information content (AvgIpc) is 2.48. The topological polar surface area (TPSA) is 35.2 Å². The lowest BCUT2D eigenvalue weighted by Crippen LogP contribution is -1.83. The molecule has 2 rings (SSSR count). The molecular weight excluding hydrogens is 182 g/mol. The highest BCUT2D eigenvalue weighted by Gasteiger charge is 2.06. The second-order valence-corrected chi connectivity index (χ2v) is 4.06. The number of aryl methyl sites for hydroxylation is 1. The maximum atomic E-state index is 5.75. The van der Waals surface area contributed by atoms with Crippen LogP contribution in [0.25, 0.3) is 10.1 Å². The van der Waals surface area contributed by atoms with Gasteiger partial charge in [0.2, 0.25) is 0 Å². The van der Waals surface area contributed by atoms with E-state index in [-0.39, 0.29) is 0 Å². The third-order valence-electron chi connectivity index (χ3n) is 2.08. The van der Waals surface area contributed by atoms with Gasteiger partial charge in [0.15, 0.2) is 0 Å². The van der Waals surface area contributed by atoms with Gasteiger partial charge in [-0.2, -0.15) is 0 Å². The fraction of sp³-hybridized carbons (Fsp3) is 0.200. The number of fused-ring (bicyclic) bond motifs is 1. The molecule has 0 unspecified atom stereocenters. The number of hydrogen-bond donors (Lipinski definition) is 1. The predicted molar refractivity (Wildman–Crippen MR) is 57.5 cm³/mol. The van der Waals surface area contributed by atoms with Gasteiger partial charge in [-0.3, -0.25) is 0 Å². The maximum Gasteiger partial charge on any atom is 0.127 e. The van der Waals surface area contributed by atoms with Crippen LogP contribution in [0, 0.1) is 6.92 Å². The van der Waals surface area contributed by atoms with Crippen molar-refractivity contribution in [1.29, 1.82) is 0 Å². The summed E-state index contributed by atoms with van der Waals surface area (Å²) in [5.74, 6) is 0.897. The minimum Gasteiger partial charge on any atom is -0.496 e. The van der Waals surface area contributed by atoms with Crippen molar-refractivity contribution in [2.75, 3.05) is 12.8 Å². The summed E-state index contributed by atoms with van der Waals surface area (Å²) >= 11 is 1.61. The molecule has 2 nitrogen and oxygen atoms in total. The summed E-state index contributed by atoms with van der Waals surface area (Å²) in [5.41, 5.74) is 6.99. The molecule has 0 saturated heterocycles. The Bertz CT molecular complexity index is 447. The third-order valence-corrected chi connectivity index (χ3v) is 3.18. The van der Waals surface area contributed by atoms with Crippen LogP contribution in [-0.4, -0.2) is 7.11 Å². The second-order valence-electron chi connectivity index (χ2n) is 2.98. The first-order valence-corrected chi connectivity index (χ1v) is 4.86. The van der Waals surface area contributed by atoms with Crippen molar-refractivity contribution in [3.8, 4) is 5.75 Å². The molecule has 68 valence electrons. The van der Waals surface area contributed by atoms with Gasteiger partial charge in [-0.1, -0.05) is 6.07 Å². The van der Waals surface area contributed by atoms with Crippen LogP contribution in [0.4, 0.5) is 5.00 Å². The molecule has 0 amide bonds. The first kappa shape index (κ1) is 8.38. The SMILES string of the molecule is COc1ccc(C)c2sc(N)cc12. The van der Waals surface area contributed by atoms with Crippen molar-refractivity contribution in [2.24, 2.45) is 0 Å². The van der Waals surface area contributed by atoms with E-state index >= 15 is 0 Å². The fourth-order valence-electron chi connectivity index (χ4n) is 1.43. The molecular formula is C10H11NOS. The Hall–Kier alpha value is -1.22. The van der Waals surface area contributed by atoms with Crippen molar-refractivity contribution >= 4 is 26.4 Å². The van der Waals surface area contributed by atoms with E-state index in [0.29, 0.717) is 0 Å². The molecule has 0 aliphatic rings. The highest BCUT2D eigenvalue weighted by molar-refractivity contribution is 7.22. The molecule has 2 aromatic rings. The minimum atomic E-state index is 0.836. The van der Waals surface area contributed by atoms with E-state index in [2.05, 4.69) is 13.0 Å². The van der Waals surface area contributed by atoms with Crippen LogP contribution >= 0.6 is 11.3 Å². The summed E-state index contributed by atoms with van der Waals surface area (Å²) in [6.07, 6.45) is 0. The van der Waals surface area contributed by atoms with Crippen molar-refractivity contribution in [1.82, 2.24) is 0 Å².